The summed E-state index contributed by atoms with van der Waals surface area (Å²) in [6.45, 7) is 3.04. The second-order valence-electron chi connectivity index (χ2n) is 5.98. The van der Waals surface area contributed by atoms with Crippen LogP contribution in [0.15, 0.2) is 0 Å². The third-order valence-corrected chi connectivity index (χ3v) is 4.49. The fourth-order valence-corrected chi connectivity index (χ4v) is 2.90. The molecule has 0 spiro atoms. The number of hydrogen-bond acceptors (Lipinski definition) is 3. The Labute approximate surface area is 103 Å². The molecular formula is C13H24N2O2. The summed E-state index contributed by atoms with van der Waals surface area (Å²) in [6, 6.07) is -0.0471. The van der Waals surface area contributed by atoms with Gasteiger partial charge in [0, 0.05) is 19.7 Å². The first-order valence-electron chi connectivity index (χ1n) is 6.60. The van der Waals surface area contributed by atoms with Crippen LogP contribution >= 0.6 is 0 Å². The minimum Gasteiger partial charge on any atom is -0.381 e. The largest absolute Gasteiger partial charge is 0.381 e. The van der Waals surface area contributed by atoms with E-state index in [4.69, 9.17) is 10.5 Å². The zero-order valence-corrected chi connectivity index (χ0v) is 10.9. The summed E-state index contributed by atoms with van der Waals surface area (Å²) < 4.78 is 5.28. The van der Waals surface area contributed by atoms with Crippen LogP contribution in [-0.4, -0.2) is 31.7 Å². The zero-order valence-electron chi connectivity index (χ0n) is 10.9. The molecule has 2 aliphatic rings. The van der Waals surface area contributed by atoms with Crippen LogP contribution in [0.5, 0.6) is 0 Å². The van der Waals surface area contributed by atoms with Crippen molar-refractivity contribution in [2.45, 2.75) is 51.2 Å². The molecule has 0 bridgehead atoms. The summed E-state index contributed by atoms with van der Waals surface area (Å²) >= 11 is 0. The standard InChI is InChI=1S/C13H24N2O2/c1-13(4-3-5-13)8-15-12(16)10-6-9(17-2)7-11(10)14/h9-11H,3-8,14H2,1-2H3,(H,15,16)/t9?,10-,11?/m1/s1. The van der Waals surface area contributed by atoms with E-state index < -0.39 is 0 Å². The minimum atomic E-state index is -0.0661. The van der Waals surface area contributed by atoms with Crippen molar-refractivity contribution in [2.24, 2.45) is 17.1 Å². The van der Waals surface area contributed by atoms with Gasteiger partial charge in [0.25, 0.3) is 0 Å². The van der Waals surface area contributed by atoms with Gasteiger partial charge < -0.3 is 15.8 Å². The van der Waals surface area contributed by atoms with Gasteiger partial charge in [-0.15, -0.1) is 0 Å². The first-order valence-corrected chi connectivity index (χ1v) is 6.60. The van der Waals surface area contributed by atoms with E-state index in [0.717, 1.165) is 19.4 Å². The van der Waals surface area contributed by atoms with Crippen molar-refractivity contribution in [1.82, 2.24) is 5.32 Å². The Bertz CT molecular complexity index is 289. The van der Waals surface area contributed by atoms with Crippen molar-refractivity contribution in [3.05, 3.63) is 0 Å². The van der Waals surface area contributed by atoms with E-state index in [1.54, 1.807) is 7.11 Å². The number of methoxy groups -OCH3 is 1. The average Bonchev–Trinajstić information content (AvgIpc) is 2.65. The lowest BCUT2D eigenvalue weighted by molar-refractivity contribution is -0.126. The second-order valence-corrected chi connectivity index (χ2v) is 5.98. The molecule has 0 aromatic carbocycles. The molecule has 2 unspecified atom stereocenters. The summed E-state index contributed by atoms with van der Waals surface area (Å²) in [4.78, 5) is 12.1. The highest BCUT2D eigenvalue weighted by Gasteiger charge is 2.38. The van der Waals surface area contributed by atoms with E-state index >= 15 is 0 Å². The van der Waals surface area contributed by atoms with Gasteiger partial charge in [-0.2, -0.15) is 0 Å². The fourth-order valence-electron chi connectivity index (χ4n) is 2.90. The molecule has 0 aromatic heterocycles. The Morgan fingerprint density at radius 1 is 1.47 bits per heavy atom. The van der Waals surface area contributed by atoms with Crippen LogP contribution in [0.25, 0.3) is 0 Å². The van der Waals surface area contributed by atoms with Crippen LogP contribution in [0.3, 0.4) is 0 Å². The fraction of sp³-hybridized carbons (Fsp3) is 0.923. The summed E-state index contributed by atoms with van der Waals surface area (Å²) in [7, 11) is 1.69. The van der Waals surface area contributed by atoms with Gasteiger partial charge in [0.1, 0.15) is 0 Å². The lowest BCUT2D eigenvalue weighted by Crippen LogP contribution is -2.44. The monoisotopic (exact) mass is 240 g/mol. The predicted octanol–water partition coefficient (Wildman–Crippen LogP) is 1.05. The molecule has 3 atom stereocenters. The van der Waals surface area contributed by atoms with Gasteiger partial charge in [0.05, 0.1) is 12.0 Å². The normalized spacial score (nSPS) is 35.4. The summed E-state index contributed by atoms with van der Waals surface area (Å²) in [5.41, 5.74) is 6.32. The topological polar surface area (TPSA) is 64.3 Å². The Morgan fingerprint density at radius 3 is 2.65 bits per heavy atom. The third-order valence-electron chi connectivity index (χ3n) is 4.49. The Morgan fingerprint density at radius 2 is 2.18 bits per heavy atom. The van der Waals surface area contributed by atoms with E-state index in [-0.39, 0.29) is 24.0 Å². The molecular weight excluding hydrogens is 216 g/mol. The van der Waals surface area contributed by atoms with E-state index in [9.17, 15) is 4.79 Å². The van der Waals surface area contributed by atoms with Crippen LogP contribution in [0.4, 0.5) is 0 Å². The van der Waals surface area contributed by atoms with Crippen molar-refractivity contribution in [2.75, 3.05) is 13.7 Å². The highest BCUT2D eigenvalue weighted by Crippen LogP contribution is 2.39. The van der Waals surface area contributed by atoms with Gasteiger partial charge in [-0.25, -0.2) is 0 Å². The van der Waals surface area contributed by atoms with E-state index in [1.807, 2.05) is 0 Å². The number of rotatable bonds is 4. The third kappa shape index (κ3) is 2.80. The second kappa shape index (κ2) is 4.94. The zero-order chi connectivity index (χ0) is 12.5. The molecule has 0 radical (unpaired) electrons. The molecule has 4 heteroatoms. The van der Waals surface area contributed by atoms with Crippen molar-refractivity contribution in [3.8, 4) is 0 Å². The van der Waals surface area contributed by atoms with Crippen LogP contribution < -0.4 is 11.1 Å². The maximum atomic E-state index is 12.1. The van der Waals surface area contributed by atoms with Gasteiger partial charge in [-0.3, -0.25) is 4.79 Å². The smallest absolute Gasteiger partial charge is 0.224 e. The maximum Gasteiger partial charge on any atom is 0.224 e. The highest BCUT2D eigenvalue weighted by atomic mass is 16.5. The maximum absolute atomic E-state index is 12.1. The molecule has 0 aliphatic heterocycles. The number of amides is 1. The number of carbonyl (C=O) groups excluding carboxylic acids is 1. The van der Waals surface area contributed by atoms with Crippen molar-refractivity contribution < 1.29 is 9.53 Å². The molecule has 2 saturated carbocycles. The number of nitrogens with two attached hydrogens (primary N) is 1. The minimum absolute atomic E-state index is 0.0471. The van der Waals surface area contributed by atoms with Gasteiger partial charge in [0.2, 0.25) is 5.91 Å². The molecule has 98 valence electrons. The summed E-state index contributed by atoms with van der Waals surface area (Å²) in [6.07, 6.45) is 5.46. The van der Waals surface area contributed by atoms with Crippen LogP contribution in [0.2, 0.25) is 0 Å². The molecule has 17 heavy (non-hydrogen) atoms. The van der Waals surface area contributed by atoms with E-state index in [1.165, 1.54) is 19.3 Å². The number of carbonyl (C=O) groups is 1. The number of ether oxygens (including phenoxy) is 1. The van der Waals surface area contributed by atoms with Crippen LogP contribution in [0, 0.1) is 11.3 Å². The van der Waals surface area contributed by atoms with Gasteiger partial charge in [-0.05, 0) is 31.1 Å². The van der Waals surface area contributed by atoms with Gasteiger partial charge in [0.15, 0.2) is 0 Å². The molecule has 2 fully saturated rings. The Hall–Kier alpha value is -0.610. The lowest BCUT2D eigenvalue weighted by atomic mass is 9.70. The lowest BCUT2D eigenvalue weighted by Gasteiger charge is -2.38. The predicted molar refractivity (Wildman–Crippen MR) is 66.5 cm³/mol. The molecule has 2 aliphatic carbocycles. The van der Waals surface area contributed by atoms with Crippen molar-refractivity contribution >= 4 is 5.91 Å². The number of nitrogens with one attached hydrogen (secondary N) is 1. The van der Waals surface area contributed by atoms with Gasteiger partial charge >= 0.3 is 0 Å². The Balaban J connectivity index is 1.79. The first kappa shape index (κ1) is 12.8. The molecule has 1 amide bonds. The van der Waals surface area contributed by atoms with Gasteiger partial charge in [-0.1, -0.05) is 13.3 Å². The van der Waals surface area contributed by atoms with Crippen molar-refractivity contribution in [1.29, 1.82) is 0 Å². The van der Waals surface area contributed by atoms with E-state index in [2.05, 4.69) is 12.2 Å². The quantitative estimate of drug-likeness (QED) is 0.772. The molecule has 0 aromatic rings. The number of hydrogen-bond donors (Lipinski definition) is 2. The highest BCUT2D eigenvalue weighted by molar-refractivity contribution is 5.79. The Kier molecular flexibility index (Phi) is 3.73. The van der Waals surface area contributed by atoms with Crippen molar-refractivity contribution in [3.63, 3.8) is 0 Å². The molecule has 2 rings (SSSR count). The summed E-state index contributed by atoms with van der Waals surface area (Å²) in [5, 5.41) is 3.07. The van der Waals surface area contributed by atoms with Crippen LogP contribution in [-0.2, 0) is 9.53 Å². The molecule has 4 nitrogen and oxygen atoms in total. The first-order chi connectivity index (χ1) is 8.04. The van der Waals surface area contributed by atoms with Crippen LogP contribution in [0.1, 0.15) is 39.0 Å². The molecule has 0 saturated heterocycles. The molecule has 0 heterocycles. The average molecular weight is 240 g/mol. The summed E-state index contributed by atoms with van der Waals surface area (Å²) in [5.74, 6) is 0.0498. The SMILES string of the molecule is COC1CC(N)[C@H](C(=O)NCC2(C)CCC2)C1. The van der Waals surface area contributed by atoms with E-state index in [0.29, 0.717) is 5.41 Å². The molecule has 3 N–H and O–H groups in total.